The number of fused-ring (bicyclic) bond motifs is 1. The number of benzene rings is 1. The largest absolute Gasteiger partial charge is 0.456 e. The van der Waals surface area contributed by atoms with Gasteiger partial charge in [0.2, 0.25) is 0 Å². The zero-order valence-electron chi connectivity index (χ0n) is 10.8. The molecule has 1 aromatic heterocycles. The second-order valence-corrected chi connectivity index (χ2v) is 4.61. The van der Waals surface area contributed by atoms with Gasteiger partial charge >= 0.3 is 0 Å². The summed E-state index contributed by atoms with van der Waals surface area (Å²) in [6, 6.07) is 8.39. The second-order valence-electron chi connectivity index (χ2n) is 4.61. The van der Waals surface area contributed by atoms with E-state index >= 15 is 0 Å². The van der Waals surface area contributed by atoms with E-state index in [2.05, 4.69) is 0 Å². The number of carbonyl (C=O) groups is 3. The molecule has 0 unspecified atom stereocenters. The molecule has 0 atom stereocenters. The van der Waals surface area contributed by atoms with E-state index < -0.39 is 11.7 Å². The molecule has 2 aromatic rings. The summed E-state index contributed by atoms with van der Waals surface area (Å²) in [6.45, 7) is 1.98. The average Bonchev–Trinajstić information content (AvgIpc) is 2.99. The number of rotatable bonds is 3. The third-order valence-corrected chi connectivity index (χ3v) is 3.30. The first-order chi connectivity index (χ1) is 9.61. The summed E-state index contributed by atoms with van der Waals surface area (Å²) < 4.78 is 5.26. The number of Topliss-reactive ketones (excluding diaryl/α,β-unsaturated/α-hetero) is 1. The Labute approximate surface area is 114 Å². The van der Waals surface area contributed by atoms with E-state index in [0.717, 1.165) is 5.56 Å². The van der Waals surface area contributed by atoms with Crippen LogP contribution >= 0.6 is 0 Å². The van der Waals surface area contributed by atoms with Gasteiger partial charge in [0.15, 0.2) is 12.0 Å². The van der Waals surface area contributed by atoms with Crippen LogP contribution in [0.1, 0.15) is 32.2 Å². The zero-order chi connectivity index (χ0) is 14.3. The van der Waals surface area contributed by atoms with E-state index in [0.29, 0.717) is 23.3 Å². The van der Waals surface area contributed by atoms with Gasteiger partial charge in [-0.25, -0.2) is 0 Å². The highest BCUT2D eigenvalue weighted by Crippen LogP contribution is 2.33. The minimum atomic E-state index is -0.571. The van der Waals surface area contributed by atoms with Crippen LogP contribution < -0.4 is 4.90 Å². The fourth-order valence-corrected chi connectivity index (χ4v) is 2.39. The minimum Gasteiger partial charge on any atom is -0.456 e. The molecule has 0 saturated carbocycles. The van der Waals surface area contributed by atoms with Crippen molar-refractivity contribution in [3.8, 4) is 0 Å². The van der Waals surface area contributed by atoms with Crippen molar-refractivity contribution < 1.29 is 18.8 Å². The molecule has 0 bridgehead atoms. The predicted octanol–water partition coefficient (Wildman–Crippen LogP) is 2.13. The summed E-state index contributed by atoms with van der Waals surface area (Å²) in [4.78, 5) is 36.0. The molecule has 1 aliphatic rings. The molecule has 0 radical (unpaired) electrons. The molecule has 1 aromatic carbocycles. The van der Waals surface area contributed by atoms with Gasteiger partial charge in [0.1, 0.15) is 5.76 Å². The number of aldehydes is 1. The number of carbonyl (C=O) groups excluding carboxylic acids is 3. The lowest BCUT2D eigenvalue weighted by molar-refractivity contribution is -0.114. The van der Waals surface area contributed by atoms with Gasteiger partial charge in [-0.1, -0.05) is 12.1 Å². The summed E-state index contributed by atoms with van der Waals surface area (Å²) in [5, 5.41) is 0. The first kappa shape index (κ1) is 12.3. The van der Waals surface area contributed by atoms with Crippen LogP contribution in [0.15, 0.2) is 34.7 Å². The summed E-state index contributed by atoms with van der Waals surface area (Å²) in [5.74, 6) is -0.420. The van der Waals surface area contributed by atoms with Gasteiger partial charge in [0.05, 0.1) is 17.8 Å². The maximum Gasteiger partial charge on any atom is 0.299 e. The van der Waals surface area contributed by atoms with Gasteiger partial charge in [0, 0.05) is 0 Å². The number of aryl methyl sites for hydroxylation is 1. The molecule has 0 aliphatic carbocycles. The molecule has 0 spiro atoms. The maximum absolute atomic E-state index is 12.1. The number of nitrogens with zero attached hydrogens (tertiary/aromatic N) is 1. The highest BCUT2D eigenvalue weighted by molar-refractivity contribution is 6.52. The van der Waals surface area contributed by atoms with Crippen LogP contribution in [0.3, 0.4) is 0 Å². The van der Waals surface area contributed by atoms with Gasteiger partial charge < -0.3 is 4.42 Å². The minimum absolute atomic E-state index is 0.135. The second kappa shape index (κ2) is 4.45. The van der Waals surface area contributed by atoms with Gasteiger partial charge in [-0.15, -0.1) is 0 Å². The van der Waals surface area contributed by atoms with Crippen LogP contribution in [0.2, 0.25) is 0 Å². The van der Waals surface area contributed by atoms with Crippen molar-refractivity contribution in [3.05, 3.63) is 53.0 Å². The lowest BCUT2D eigenvalue weighted by Crippen LogP contribution is -2.29. The number of para-hydroxylation sites is 1. The van der Waals surface area contributed by atoms with E-state index in [-0.39, 0.29) is 12.3 Å². The zero-order valence-corrected chi connectivity index (χ0v) is 10.8. The van der Waals surface area contributed by atoms with Gasteiger partial charge in [-0.2, -0.15) is 0 Å². The summed E-state index contributed by atoms with van der Waals surface area (Å²) in [7, 11) is 0. The van der Waals surface area contributed by atoms with Crippen molar-refractivity contribution in [3.63, 3.8) is 0 Å². The first-order valence-corrected chi connectivity index (χ1v) is 6.11. The Bertz CT molecular complexity index is 729. The van der Waals surface area contributed by atoms with Crippen molar-refractivity contribution in [2.75, 3.05) is 4.90 Å². The Morgan fingerprint density at radius 1 is 1.20 bits per heavy atom. The maximum atomic E-state index is 12.1. The molecule has 0 saturated heterocycles. The Hall–Kier alpha value is -2.69. The molecule has 1 amide bonds. The Kier molecular flexibility index (Phi) is 2.75. The van der Waals surface area contributed by atoms with Crippen molar-refractivity contribution in [2.45, 2.75) is 13.5 Å². The van der Waals surface area contributed by atoms with Gasteiger partial charge in [-0.3, -0.25) is 19.3 Å². The fourth-order valence-electron chi connectivity index (χ4n) is 2.39. The molecule has 3 rings (SSSR count). The standard InChI is InChI=1S/C15H11NO4/c1-9-3-2-4-12-13(9)16(15(19)14(12)18)7-10-5-6-11(8-17)20-10/h2-6,8H,7H2,1H3. The van der Waals surface area contributed by atoms with Crippen molar-refractivity contribution in [2.24, 2.45) is 0 Å². The highest BCUT2D eigenvalue weighted by Gasteiger charge is 2.37. The molecule has 0 fully saturated rings. The molecule has 5 heteroatoms. The number of anilines is 1. The lowest BCUT2D eigenvalue weighted by atomic mass is 10.1. The number of furan rings is 1. The smallest absolute Gasteiger partial charge is 0.299 e. The van der Waals surface area contributed by atoms with Gasteiger partial charge in [-0.05, 0) is 30.7 Å². The SMILES string of the molecule is Cc1cccc2c1N(Cc1ccc(C=O)o1)C(=O)C2=O. The predicted molar refractivity (Wildman–Crippen MR) is 70.8 cm³/mol. The molecule has 1 aliphatic heterocycles. The molecular weight excluding hydrogens is 258 g/mol. The number of hydrogen-bond acceptors (Lipinski definition) is 4. The monoisotopic (exact) mass is 269 g/mol. The Morgan fingerprint density at radius 3 is 2.70 bits per heavy atom. The van der Waals surface area contributed by atoms with E-state index in [9.17, 15) is 14.4 Å². The van der Waals surface area contributed by atoms with Crippen molar-refractivity contribution in [1.82, 2.24) is 0 Å². The average molecular weight is 269 g/mol. The molecule has 0 N–H and O–H groups in total. The van der Waals surface area contributed by atoms with Crippen LogP contribution in [0.5, 0.6) is 0 Å². The molecule has 20 heavy (non-hydrogen) atoms. The van der Waals surface area contributed by atoms with E-state index in [1.807, 2.05) is 13.0 Å². The van der Waals surface area contributed by atoms with E-state index in [4.69, 9.17) is 4.42 Å². The number of amides is 1. The van der Waals surface area contributed by atoms with E-state index in [1.54, 1.807) is 18.2 Å². The number of ketones is 1. The van der Waals surface area contributed by atoms with Crippen LogP contribution in [0, 0.1) is 6.92 Å². The van der Waals surface area contributed by atoms with Crippen LogP contribution in [-0.4, -0.2) is 18.0 Å². The summed E-state index contributed by atoms with van der Waals surface area (Å²) in [6.07, 6.45) is 0.597. The summed E-state index contributed by atoms with van der Waals surface area (Å²) in [5.41, 5.74) is 1.88. The van der Waals surface area contributed by atoms with Crippen molar-refractivity contribution >= 4 is 23.7 Å². The van der Waals surface area contributed by atoms with Crippen LogP contribution in [-0.2, 0) is 11.3 Å². The van der Waals surface area contributed by atoms with Crippen LogP contribution in [0.25, 0.3) is 0 Å². The molecular formula is C15H11NO4. The van der Waals surface area contributed by atoms with E-state index in [1.165, 1.54) is 11.0 Å². The molecule has 2 heterocycles. The highest BCUT2D eigenvalue weighted by atomic mass is 16.3. The third kappa shape index (κ3) is 1.75. The Balaban J connectivity index is 2.00. The summed E-state index contributed by atoms with van der Waals surface area (Å²) >= 11 is 0. The van der Waals surface area contributed by atoms with Gasteiger partial charge in [0.25, 0.3) is 11.7 Å². The molecule has 100 valence electrons. The lowest BCUT2D eigenvalue weighted by Gasteiger charge is -2.16. The topological polar surface area (TPSA) is 67.6 Å². The normalized spacial score (nSPS) is 13.8. The molecule has 5 nitrogen and oxygen atoms in total. The van der Waals surface area contributed by atoms with Crippen LogP contribution in [0.4, 0.5) is 5.69 Å². The first-order valence-electron chi connectivity index (χ1n) is 6.11. The Morgan fingerprint density at radius 2 is 2.00 bits per heavy atom. The quantitative estimate of drug-likeness (QED) is 0.632. The number of hydrogen-bond donors (Lipinski definition) is 0. The fraction of sp³-hybridized carbons (Fsp3) is 0.133. The third-order valence-electron chi connectivity index (χ3n) is 3.30. The van der Waals surface area contributed by atoms with Crippen molar-refractivity contribution in [1.29, 1.82) is 0 Å².